The zero-order valence-corrected chi connectivity index (χ0v) is 7.24. The zero-order valence-electron chi connectivity index (χ0n) is 2.78. The molecule has 22 valence electrons. The third kappa shape index (κ3) is 13.6. The maximum absolute atomic E-state index is 3.42. The van der Waals surface area contributed by atoms with E-state index in [9.17, 15) is 0 Å². The first-order valence-electron chi connectivity index (χ1n) is 0.986. The minimum Gasteiger partial charge on any atom is -0.112 e. The third-order valence-electron chi connectivity index (χ3n) is 0. The first kappa shape index (κ1) is 8.85. The molecule has 0 aromatic heterocycles. The summed E-state index contributed by atoms with van der Waals surface area (Å²) in [4.78, 5) is 0. The summed E-state index contributed by atoms with van der Waals surface area (Å²) in [7, 11) is 1.13. The molecule has 0 spiro atoms. The van der Waals surface area contributed by atoms with Crippen LogP contribution in [0.25, 0.3) is 0 Å². The molecule has 0 atom stereocenters. The van der Waals surface area contributed by atoms with Crippen LogP contribution in [0.15, 0.2) is 12.3 Å². The molecule has 0 aromatic rings. The quantitative estimate of drug-likeness (QED) is 0.407. The van der Waals surface area contributed by atoms with Gasteiger partial charge in [-0.15, -0.1) is 12.3 Å². The van der Waals surface area contributed by atoms with E-state index in [4.69, 9.17) is 0 Å². The van der Waals surface area contributed by atoms with Crippen LogP contribution >= 0.6 is 0 Å². The molecule has 0 fully saturated rings. The van der Waals surface area contributed by atoms with Gasteiger partial charge in [-0.1, -0.05) is 0 Å². The van der Waals surface area contributed by atoms with Crippen LogP contribution in [0.1, 0.15) is 0 Å². The van der Waals surface area contributed by atoms with Crippen LogP contribution in [0.2, 0.25) is 0 Å². The summed E-state index contributed by atoms with van der Waals surface area (Å²) in [6, 6.07) is 0. The largest absolute Gasteiger partial charge is 0.112 e. The predicted octanol–water partition coefficient (Wildman–Crippen LogP) is -0.507. The van der Waals surface area contributed by atoms with Gasteiger partial charge in [0, 0.05) is 36.4 Å². The fraction of sp³-hybridized carbons (Fsp3) is 0. The molecular formula is C2H6SiZr. The van der Waals surface area contributed by atoms with E-state index in [0.717, 1.165) is 10.2 Å². The van der Waals surface area contributed by atoms with E-state index in [-0.39, 0.29) is 26.2 Å². The average Bonchev–Trinajstić information content (AvgIpc) is 0.918. The molecule has 0 N–H and O–H groups in total. The maximum Gasteiger partial charge on any atom is 0.0283 e. The number of hydrogen-bond donors (Lipinski definition) is 0. The molecule has 0 aromatic carbocycles. The van der Waals surface area contributed by atoms with E-state index in [0.29, 0.717) is 0 Å². The van der Waals surface area contributed by atoms with Gasteiger partial charge in [-0.3, -0.25) is 0 Å². The molecule has 0 aliphatic heterocycles. The molecule has 0 nitrogen and oxygen atoms in total. The van der Waals surface area contributed by atoms with Crippen molar-refractivity contribution in [1.29, 1.82) is 0 Å². The van der Waals surface area contributed by atoms with Gasteiger partial charge in [0.2, 0.25) is 0 Å². The molecule has 2 heteroatoms. The second kappa shape index (κ2) is 9.15. The minimum atomic E-state index is 0. The van der Waals surface area contributed by atoms with Gasteiger partial charge in [-0.05, 0) is 0 Å². The van der Waals surface area contributed by atoms with E-state index < -0.39 is 0 Å². The van der Waals surface area contributed by atoms with Crippen molar-refractivity contribution >= 4 is 10.2 Å². The van der Waals surface area contributed by atoms with Crippen molar-refractivity contribution < 1.29 is 26.2 Å². The molecule has 0 rings (SSSR count). The van der Waals surface area contributed by atoms with Crippen LogP contribution in [0, 0.1) is 0 Å². The molecule has 0 aliphatic rings. The van der Waals surface area contributed by atoms with Crippen molar-refractivity contribution in [2.75, 3.05) is 0 Å². The van der Waals surface area contributed by atoms with Crippen molar-refractivity contribution in [3.05, 3.63) is 12.3 Å². The van der Waals surface area contributed by atoms with Crippen LogP contribution < -0.4 is 0 Å². The molecule has 4 heavy (non-hydrogen) atoms. The minimum absolute atomic E-state index is 0. The summed E-state index contributed by atoms with van der Waals surface area (Å²) >= 11 is 0. The van der Waals surface area contributed by atoms with Gasteiger partial charge in [0.15, 0.2) is 0 Å². The van der Waals surface area contributed by atoms with Crippen molar-refractivity contribution in [3.63, 3.8) is 0 Å². The predicted molar refractivity (Wildman–Crippen MR) is 20.1 cm³/mol. The Morgan fingerprint density at radius 2 is 1.75 bits per heavy atom. The average molecular weight is 149 g/mol. The van der Waals surface area contributed by atoms with Crippen LogP contribution in [0.4, 0.5) is 0 Å². The van der Waals surface area contributed by atoms with Crippen LogP contribution in [-0.4, -0.2) is 10.2 Å². The van der Waals surface area contributed by atoms with E-state index in [1.54, 1.807) is 0 Å². The van der Waals surface area contributed by atoms with Crippen LogP contribution in [0.3, 0.4) is 0 Å². The molecule has 0 saturated carbocycles. The Balaban J connectivity index is 0. The second-order valence-corrected chi connectivity index (χ2v) is 1.22. The summed E-state index contributed by atoms with van der Waals surface area (Å²) < 4.78 is 0. The molecule has 0 saturated heterocycles. The monoisotopic (exact) mass is 148 g/mol. The molecule has 0 bridgehead atoms. The summed E-state index contributed by atoms with van der Waals surface area (Å²) in [6.45, 7) is 3.42. The first-order valence-corrected chi connectivity index (χ1v) is 2.14. The molecule has 0 radical (unpaired) electrons. The normalized spacial score (nSPS) is 4.00. The summed E-state index contributed by atoms with van der Waals surface area (Å²) in [5.74, 6) is 0. The Morgan fingerprint density at radius 3 is 1.75 bits per heavy atom. The Kier molecular flexibility index (Phi) is 20.2. The van der Waals surface area contributed by atoms with Crippen LogP contribution in [0.5, 0.6) is 0 Å². The first-order chi connectivity index (χ1) is 1.41. The Morgan fingerprint density at radius 1 is 1.75 bits per heavy atom. The smallest absolute Gasteiger partial charge is 0.0283 e. The van der Waals surface area contributed by atoms with Gasteiger partial charge in [-0.25, -0.2) is 0 Å². The van der Waals surface area contributed by atoms with E-state index in [1.165, 1.54) is 0 Å². The number of rotatable bonds is 0. The van der Waals surface area contributed by atoms with Gasteiger partial charge < -0.3 is 0 Å². The number of hydrogen-bond acceptors (Lipinski definition) is 0. The van der Waals surface area contributed by atoms with Crippen LogP contribution in [-0.2, 0) is 26.2 Å². The fourth-order valence-electron chi connectivity index (χ4n) is 0. The second-order valence-electron chi connectivity index (χ2n) is 0.408. The topological polar surface area (TPSA) is 0 Å². The van der Waals surface area contributed by atoms with Gasteiger partial charge in [-0.2, -0.15) is 0 Å². The molecule has 0 heterocycles. The maximum atomic E-state index is 3.42. The van der Waals surface area contributed by atoms with E-state index in [2.05, 4.69) is 6.58 Å². The SMILES string of the molecule is C=C[SiH3].[Zr]. The van der Waals surface area contributed by atoms with Gasteiger partial charge in [0.25, 0.3) is 0 Å². The van der Waals surface area contributed by atoms with E-state index >= 15 is 0 Å². The molecular weight excluding hydrogens is 143 g/mol. The molecule has 0 unspecified atom stereocenters. The Hall–Kier alpha value is 0.840. The van der Waals surface area contributed by atoms with Gasteiger partial charge in [0.05, 0.1) is 0 Å². The Labute approximate surface area is 48.8 Å². The standard InChI is InChI=1S/C2H6Si.Zr/c1-2-3;/h2H,1H2,3H3;. The zero-order chi connectivity index (χ0) is 2.71. The van der Waals surface area contributed by atoms with Gasteiger partial charge in [0.1, 0.15) is 0 Å². The van der Waals surface area contributed by atoms with Crippen molar-refractivity contribution in [2.24, 2.45) is 0 Å². The van der Waals surface area contributed by atoms with Crippen molar-refractivity contribution in [3.8, 4) is 0 Å². The summed E-state index contributed by atoms with van der Waals surface area (Å²) in [5.41, 5.74) is 1.89. The third-order valence-corrected chi connectivity index (χ3v) is 0. The molecule has 0 amide bonds. The van der Waals surface area contributed by atoms with E-state index in [1.807, 2.05) is 5.70 Å². The molecule has 0 aliphatic carbocycles. The van der Waals surface area contributed by atoms with Crippen molar-refractivity contribution in [2.45, 2.75) is 0 Å². The van der Waals surface area contributed by atoms with Gasteiger partial charge >= 0.3 is 0 Å². The van der Waals surface area contributed by atoms with Crippen molar-refractivity contribution in [1.82, 2.24) is 0 Å². The Bertz CT molecular complexity index is 13.5. The summed E-state index contributed by atoms with van der Waals surface area (Å²) in [6.07, 6.45) is 0. The summed E-state index contributed by atoms with van der Waals surface area (Å²) in [5, 5.41) is 0. The fourth-order valence-corrected chi connectivity index (χ4v) is 0.